The minimum absolute atomic E-state index is 0.0186. The summed E-state index contributed by atoms with van der Waals surface area (Å²) in [5.41, 5.74) is 8.40. The number of methoxy groups -OCH3 is 1. The monoisotopic (exact) mass is 1170 g/mol. The van der Waals surface area contributed by atoms with E-state index in [-0.39, 0.29) is 75.2 Å². The number of nitrogens with zero attached hydrogens (tertiary/aromatic N) is 2. The summed E-state index contributed by atoms with van der Waals surface area (Å²) in [5, 5.41) is 18.1. The van der Waals surface area contributed by atoms with Gasteiger partial charge in [-0.05, 0) is 172 Å². The number of urea groups is 1. The van der Waals surface area contributed by atoms with Crippen molar-refractivity contribution >= 4 is 46.1 Å². The number of nitrogens with one attached hydrogen (secondary N) is 6. The van der Waals surface area contributed by atoms with Gasteiger partial charge in [0.05, 0.1) is 18.4 Å². The van der Waals surface area contributed by atoms with E-state index in [0.717, 1.165) is 32.8 Å². The summed E-state index contributed by atoms with van der Waals surface area (Å²) in [7, 11) is -3.00. The number of hydrazine groups is 1. The van der Waals surface area contributed by atoms with Gasteiger partial charge in [-0.3, -0.25) is 20.4 Å². The highest BCUT2D eigenvalue weighted by Gasteiger charge is 2.38. The fourth-order valence-corrected chi connectivity index (χ4v) is 11.8. The smallest absolute Gasteiger partial charge is 0.410 e. The number of carbonyl (C=O) groups excluding carboxylic acids is 5. The van der Waals surface area contributed by atoms with Gasteiger partial charge in [0.1, 0.15) is 41.0 Å². The molecule has 4 aromatic rings. The van der Waals surface area contributed by atoms with Crippen LogP contribution in [0.2, 0.25) is 0 Å². The maximum atomic E-state index is 14.7. The molecule has 1 aliphatic carbocycles. The number of alkyl carbamates (subject to hydrolysis) is 1. The van der Waals surface area contributed by atoms with Crippen molar-refractivity contribution in [2.75, 3.05) is 33.4 Å². The standard InChI is InChI=1S/C62H86N8O12S/c1-38(2)69(59(75)82-61(9,10)11)32-19-20-33-70(57(73)65-43(35-52(71)78-14)22-21-31-64-56(63)68-83(76,77)54-40(4)39(3)53-49(41(54)5)36-62(12,13)81-53)67-55(72)51(34-42-27-29-44(30-28-42)80-60(6,7)8)66-58(74)79-37-50-47-25-17-15-23-45(47)46-24-16-18-26-48(46)50/h15-18,23-30,38,43,50-51H,19-22,31-37H2,1-14H3,(H,65,73)(H,66,74)(H,67,72)(H3,63,64,68)/t43-,51+/m1/s1. The summed E-state index contributed by atoms with van der Waals surface area (Å²) in [6.07, 6.45) is -0.0852. The quantitative estimate of drug-likeness (QED) is 0.0107. The minimum Gasteiger partial charge on any atom is -0.488 e. The van der Waals surface area contributed by atoms with Gasteiger partial charge in [-0.1, -0.05) is 60.7 Å². The van der Waals surface area contributed by atoms with Crippen LogP contribution in [0.5, 0.6) is 11.5 Å². The zero-order chi connectivity index (χ0) is 61.2. The van der Waals surface area contributed by atoms with Crippen molar-refractivity contribution in [1.82, 2.24) is 36.0 Å². The fourth-order valence-electron chi connectivity index (χ4n) is 10.3. The molecule has 2 aliphatic rings. The van der Waals surface area contributed by atoms with Crippen LogP contribution in [-0.2, 0) is 46.7 Å². The Hall–Kier alpha value is -7.55. The molecule has 0 radical (unpaired) electrons. The van der Waals surface area contributed by atoms with Gasteiger partial charge in [0.15, 0.2) is 0 Å². The average Bonchev–Trinajstić information content (AvgIpc) is 2.22. The van der Waals surface area contributed by atoms with Crippen LogP contribution in [0.25, 0.3) is 11.1 Å². The Balaban J connectivity index is 1.19. The second-order valence-corrected chi connectivity index (χ2v) is 25.8. The molecular weight excluding hydrogens is 1080 g/mol. The molecule has 83 heavy (non-hydrogen) atoms. The number of guanidine groups is 1. The van der Waals surface area contributed by atoms with E-state index in [1.54, 1.807) is 63.8 Å². The first kappa shape index (κ1) is 64.6. The van der Waals surface area contributed by atoms with Crippen LogP contribution in [0.1, 0.15) is 146 Å². The molecule has 1 aliphatic heterocycles. The van der Waals surface area contributed by atoms with Crippen molar-refractivity contribution in [3.8, 4) is 22.6 Å². The Labute approximate surface area is 490 Å². The largest absolute Gasteiger partial charge is 0.488 e. The molecule has 6 rings (SSSR count). The van der Waals surface area contributed by atoms with E-state index in [2.05, 4.69) is 26.1 Å². The Morgan fingerprint density at radius 3 is 2.01 bits per heavy atom. The Kier molecular flexibility index (Phi) is 21.2. The number of rotatable bonds is 22. The van der Waals surface area contributed by atoms with Crippen molar-refractivity contribution in [3.63, 3.8) is 0 Å². The van der Waals surface area contributed by atoms with Crippen LogP contribution in [-0.4, -0.2) is 123 Å². The average molecular weight is 1170 g/mol. The number of benzene rings is 4. The van der Waals surface area contributed by atoms with Crippen molar-refractivity contribution in [1.29, 1.82) is 5.41 Å². The number of unbranched alkanes of at least 4 members (excludes halogenated alkanes) is 1. The zero-order valence-corrected chi connectivity index (χ0v) is 51.5. The highest BCUT2D eigenvalue weighted by Crippen LogP contribution is 2.45. The van der Waals surface area contributed by atoms with E-state index in [1.807, 2.05) is 104 Å². The van der Waals surface area contributed by atoms with Crippen LogP contribution in [0.15, 0.2) is 77.7 Å². The lowest BCUT2D eigenvalue weighted by Crippen LogP contribution is -2.58. The molecule has 5 amide bonds. The van der Waals surface area contributed by atoms with Gasteiger partial charge in [-0.25, -0.2) is 32.5 Å². The number of ether oxygens (including phenoxy) is 5. The van der Waals surface area contributed by atoms with Gasteiger partial charge >= 0.3 is 24.2 Å². The number of hydrogen-bond acceptors (Lipinski definition) is 13. The predicted molar refractivity (Wildman–Crippen MR) is 318 cm³/mol. The van der Waals surface area contributed by atoms with Crippen LogP contribution >= 0.6 is 0 Å². The normalized spacial score (nSPS) is 14.2. The molecule has 21 heteroatoms. The fraction of sp³-hybridized carbons (Fsp3) is 0.516. The highest BCUT2D eigenvalue weighted by molar-refractivity contribution is 7.90. The Morgan fingerprint density at radius 1 is 0.807 bits per heavy atom. The number of fused-ring (bicyclic) bond motifs is 4. The first-order valence-corrected chi connectivity index (χ1v) is 29.9. The molecule has 6 N–H and O–H groups in total. The van der Waals surface area contributed by atoms with Crippen molar-refractivity contribution in [3.05, 3.63) is 112 Å². The number of amides is 5. The minimum atomic E-state index is -4.22. The summed E-state index contributed by atoms with van der Waals surface area (Å²) >= 11 is 0. The maximum absolute atomic E-state index is 14.7. The summed E-state index contributed by atoms with van der Waals surface area (Å²) in [6.45, 7) is 24.2. The van der Waals surface area contributed by atoms with Crippen molar-refractivity contribution in [2.24, 2.45) is 0 Å². The second kappa shape index (κ2) is 27.2. The van der Waals surface area contributed by atoms with Crippen LogP contribution in [0, 0.1) is 26.2 Å². The first-order chi connectivity index (χ1) is 38.9. The predicted octanol–water partition coefficient (Wildman–Crippen LogP) is 9.64. The third-order valence-electron chi connectivity index (χ3n) is 14.3. The van der Waals surface area contributed by atoms with Gasteiger partial charge in [0, 0.05) is 56.0 Å². The molecule has 0 aromatic heterocycles. The molecule has 0 bridgehead atoms. The van der Waals surface area contributed by atoms with E-state index >= 15 is 0 Å². The lowest BCUT2D eigenvalue weighted by Gasteiger charge is -2.31. The van der Waals surface area contributed by atoms with E-state index in [4.69, 9.17) is 29.1 Å². The SMILES string of the molecule is COC(=O)C[C@@H](CCCNC(=N)NS(=O)(=O)c1c(C)c(C)c2c(c1C)CC(C)(C)O2)NC(=O)N(CCCCN(C(=O)OC(C)(C)C)C(C)C)NC(=O)[C@H](Cc1ccc(OC(C)(C)C)cc1)NC(=O)OCC1c2ccccc2-c2ccccc21. The third-order valence-corrected chi connectivity index (χ3v) is 15.9. The Bertz CT molecular complexity index is 3070. The van der Waals surface area contributed by atoms with Gasteiger partial charge in [0.25, 0.3) is 15.9 Å². The molecule has 20 nitrogen and oxygen atoms in total. The number of esters is 1. The molecule has 0 spiro atoms. The molecule has 1 heterocycles. The number of carbonyl (C=O) groups is 5. The molecule has 0 unspecified atom stereocenters. The van der Waals surface area contributed by atoms with Crippen molar-refractivity contribution < 1.29 is 56.1 Å². The van der Waals surface area contributed by atoms with E-state index in [1.165, 1.54) is 7.11 Å². The van der Waals surface area contributed by atoms with Gasteiger partial charge in [-0.2, -0.15) is 0 Å². The van der Waals surface area contributed by atoms with E-state index in [0.29, 0.717) is 46.6 Å². The molecule has 0 saturated heterocycles. The second-order valence-electron chi connectivity index (χ2n) is 24.2. The molecule has 4 aromatic carbocycles. The number of sulfonamides is 1. The van der Waals surface area contributed by atoms with Gasteiger partial charge in [-0.15, -0.1) is 0 Å². The van der Waals surface area contributed by atoms with Crippen LogP contribution in [0.3, 0.4) is 0 Å². The molecular formula is C62H86N8O12S. The lowest BCUT2D eigenvalue weighted by atomic mass is 9.94. The summed E-state index contributed by atoms with van der Waals surface area (Å²) in [4.78, 5) is 71.0. The summed E-state index contributed by atoms with van der Waals surface area (Å²) in [6, 6.07) is 19.8. The topological polar surface area (TPSA) is 256 Å². The highest BCUT2D eigenvalue weighted by atomic mass is 32.2. The van der Waals surface area contributed by atoms with Crippen LogP contribution < -0.4 is 35.6 Å². The third kappa shape index (κ3) is 17.7. The molecule has 0 saturated carbocycles. The lowest BCUT2D eigenvalue weighted by molar-refractivity contribution is -0.141. The van der Waals surface area contributed by atoms with E-state index in [9.17, 15) is 32.4 Å². The molecule has 452 valence electrons. The Morgan fingerprint density at radius 2 is 1.42 bits per heavy atom. The molecule has 2 atom stereocenters. The van der Waals surface area contributed by atoms with Gasteiger partial charge < -0.3 is 44.5 Å². The van der Waals surface area contributed by atoms with Crippen LogP contribution in [0.4, 0.5) is 14.4 Å². The summed E-state index contributed by atoms with van der Waals surface area (Å²) < 4.78 is 58.9. The number of hydrogen-bond donors (Lipinski definition) is 6. The summed E-state index contributed by atoms with van der Waals surface area (Å²) in [5.74, 6) is -0.837. The first-order valence-electron chi connectivity index (χ1n) is 28.4. The maximum Gasteiger partial charge on any atom is 0.410 e. The van der Waals surface area contributed by atoms with E-state index < -0.39 is 75.0 Å². The molecule has 0 fully saturated rings. The van der Waals surface area contributed by atoms with Gasteiger partial charge in [0.2, 0.25) is 5.96 Å². The van der Waals surface area contributed by atoms with Crippen molar-refractivity contribution in [2.45, 2.75) is 181 Å². The zero-order valence-electron chi connectivity index (χ0n) is 50.7.